The van der Waals surface area contributed by atoms with Gasteiger partial charge < -0.3 is 10.1 Å². The summed E-state index contributed by atoms with van der Waals surface area (Å²) in [5, 5.41) is 2.74. The van der Waals surface area contributed by atoms with E-state index in [1.807, 2.05) is 24.3 Å². The number of rotatable bonds is 6. The molecule has 0 bridgehead atoms. The van der Waals surface area contributed by atoms with Crippen LogP contribution in [0, 0.1) is 0 Å². The quantitative estimate of drug-likeness (QED) is 0.713. The van der Waals surface area contributed by atoms with Crippen molar-refractivity contribution in [3.05, 3.63) is 29.8 Å². The Bertz CT molecular complexity index is 351. The first kappa shape index (κ1) is 13.5. The van der Waals surface area contributed by atoms with Gasteiger partial charge in [0.2, 0.25) is 5.91 Å². The molecule has 0 spiro atoms. The Morgan fingerprint density at radius 1 is 1.41 bits per heavy atom. The van der Waals surface area contributed by atoms with Gasteiger partial charge in [0, 0.05) is 6.54 Å². The van der Waals surface area contributed by atoms with Crippen LogP contribution < -0.4 is 16.0 Å². The number of amides is 1. The van der Waals surface area contributed by atoms with Gasteiger partial charge in [0.05, 0.1) is 19.6 Å². The van der Waals surface area contributed by atoms with E-state index in [2.05, 4.69) is 10.2 Å². The second kappa shape index (κ2) is 6.88. The van der Waals surface area contributed by atoms with Crippen molar-refractivity contribution in [3.63, 3.8) is 0 Å². The van der Waals surface area contributed by atoms with Crippen LogP contribution in [0.25, 0.3) is 0 Å². The number of ether oxygens (including phenoxy) is 1. The van der Waals surface area contributed by atoms with E-state index in [9.17, 15) is 4.79 Å². The normalized spacial score (nSPS) is 11.9. The average Bonchev–Trinajstić information content (AvgIpc) is 2.36. The molecule has 0 saturated carbocycles. The molecule has 1 aromatic carbocycles. The Hall–Kier alpha value is -1.59. The van der Waals surface area contributed by atoms with Gasteiger partial charge in [-0.2, -0.15) is 0 Å². The van der Waals surface area contributed by atoms with E-state index < -0.39 is 0 Å². The molecular weight excluding hydrogens is 220 g/mol. The zero-order valence-corrected chi connectivity index (χ0v) is 10.1. The van der Waals surface area contributed by atoms with Crippen molar-refractivity contribution in [3.8, 4) is 5.75 Å². The maximum atomic E-state index is 11.5. The molecule has 0 aliphatic carbocycles. The van der Waals surface area contributed by atoms with Gasteiger partial charge in [-0.05, 0) is 24.6 Å². The van der Waals surface area contributed by atoms with Crippen molar-refractivity contribution in [2.45, 2.75) is 19.4 Å². The molecule has 0 saturated heterocycles. The highest BCUT2D eigenvalue weighted by Crippen LogP contribution is 2.11. The van der Waals surface area contributed by atoms with E-state index in [0.29, 0.717) is 13.0 Å². The summed E-state index contributed by atoms with van der Waals surface area (Å²) in [5.41, 5.74) is 0.935. The van der Waals surface area contributed by atoms with Gasteiger partial charge in [-0.25, -0.2) is 5.90 Å². The molecular formula is C12H18N2O3. The molecule has 0 aliphatic heterocycles. The summed E-state index contributed by atoms with van der Waals surface area (Å²) in [7, 11) is 1.61. The molecule has 0 radical (unpaired) electrons. The highest BCUT2D eigenvalue weighted by atomic mass is 16.6. The molecule has 1 amide bonds. The Morgan fingerprint density at radius 2 is 2.06 bits per heavy atom. The second-order valence-corrected chi connectivity index (χ2v) is 3.78. The van der Waals surface area contributed by atoms with Gasteiger partial charge in [0.1, 0.15) is 5.75 Å². The molecule has 0 fully saturated rings. The van der Waals surface area contributed by atoms with Crippen LogP contribution in [-0.4, -0.2) is 25.7 Å². The van der Waals surface area contributed by atoms with Crippen LogP contribution in [0.15, 0.2) is 24.3 Å². The lowest BCUT2D eigenvalue weighted by molar-refractivity contribution is -0.121. The van der Waals surface area contributed by atoms with Gasteiger partial charge in [-0.3, -0.25) is 9.63 Å². The maximum Gasteiger partial charge on any atom is 0.224 e. The molecule has 1 atom stereocenters. The van der Waals surface area contributed by atoms with E-state index in [1.54, 1.807) is 14.0 Å². The van der Waals surface area contributed by atoms with Crippen LogP contribution in [0.4, 0.5) is 0 Å². The Labute approximate surface area is 101 Å². The van der Waals surface area contributed by atoms with Gasteiger partial charge in [-0.15, -0.1) is 0 Å². The fourth-order valence-corrected chi connectivity index (χ4v) is 1.30. The summed E-state index contributed by atoms with van der Waals surface area (Å²) in [6.07, 6.45) is 0.149. The number of nitrogens with two attached hydrogens (primary N) is 1. The molecule has 5 nitrogen and oxygen atoms in total. The zero-order valence-electron chi connectivity index (χ0n) is 10.1. The molecule has 17 heavy (non-hydrogen) atoms. The molecule has 94 valence electrons. The van der Waals surface area contributed by atoms with Gasteiger partial charge in [0.25, 0.3) is 0 Å². The smallest absolute Gasteiger partial charge is 0.224 e. The Kier molecular flexibility index (Phi) is 5.45. The third-order valence-corrected chi connectivity index (χ3v) is 2.34. The van der Waals surface area contributed by atoms with Crippen molar-refractivity contribution in [2.75, 3.05) is 13.7 Å². The number of carbonyl (C=O) groups is 1. The molecule has 0 aromatic heterocycles. The van der Waals surface area contributed by atoms with Crippen LogP contribution >= 0.6 is 0 Å². The minimum Gasteiger partial charge on any atom is -0.497 e. The summed E-state index contributed by atoms with van der Waals surface area (Å²) >= 11 is 0. The lowest BCUT2D eigenvalue weighted by Crippen LogP contribution is -2.34. The van der Waals surface area contributed by atoms with Gasteiger partial charge >= 0.3 is 0 Å². The van der Waals surface area contributed by atoms with E-state index in [-0.39, 0.29) is 12.0 Å². The first-order valence-electron chi connectivity index (χ1n) is 5.41. The number of nitrogens with one attached hydrogen (secondary N) is 1. The summed E-state index contributed by atoms with van der Waals surface area (Å²) in [4.78, 5) is 16.1. The van der Waals surface area contributed by atoms with E-state index in [1.165, 1.54) is 0 Å². The predicted octanol–water partition coefficient (Wildman–Crippen LogP) is 0.633. The third kappa shape index (κ3) is 4.84. The minimum atomic E-state index is -0.185. The van der Waals surface area contributed by atoms with E-state index in [0.717, 1.165) is 11.3 Å². The first-order chi connectivity index (χ1) is 8.15. The standard InChI is InChI=1S/C12H18N2O3/c1-9(17-13)8-14-12(15)7-10-3-5-11(16-2)6-4-10/h3-6,9H,7-8,13H2,1-2H3,(H,14,15). The summed E-state index contributed by atoms with van der Waals surface area (Å²) in [5.74, 6) is 5.70. The third-order valence-electron chi connectivity index (χ3n) is 2.34. The second-order valence-electron chi connectivity index (χ2n) is 3.78. The number of benzene rings is 1. The number of carbonyl (C=O) groups excluding carboxylic acids is 1. The molecule has 1 unspecified atom stereocenters. The topological polar surface area (TPSA) is 73.6 Å². The molecule has 1 aromatic rings. The van der Waals surface area contributed by atoms with E-state index in [4.69, 9.17) is 10.6 Å². The Morgan fingerprint density at radius 3 is 2.59 bits per heavy atom. The SMILES string of the molecule is COc1ccc(CC(=O)NCC(C)ON)cc1. The highest BCUT2D eigenvalue weighted by molar-refractivity contribution is 5.78. The average molecular weight is 238 g/mol. The highest BCUT2D eigenvalue weighted by Gasteiger charge is 2.06. The lowest BCUT2D eigenvalue weighted by atomic mass is 10.1. The molecule has 5 heteroatoms. The van der Waals surface area contributed by atoms with Crippen LogP contribution in [0.2, 0.25) is 0 Å². The zero-order chi connectivity index (χ0) is 12.7. The molecule has 3 N–H and O–H groups in total. The number of hydrogen-bond acceptors (Lipinski definition) is 4. The summed E-state index contributed by atoms with van der Waals surface area (Å²) < 4.78 is 5.04. The molecule has 0 heterocycles. The van der Waals surface area contributed by atoms with Crippen LogP contribution in [0.1, 0.15) is 12.5 Å². The van der Waals surface area contributed by atoms with Gasteiger partial charge in [0.15, 0.2) is 0 Å². The summed E-state index contributed by atoms with van der Waals surface area (Å²) in [6.45, 7) is 2.19. The van der Waals surface area contributed by atoms with E-state index >= 15 is 0 Å². The fourth-order valence-electron chi connectivity index (χ4n) is 1.30. The van der Waals surface area contributed by atoms with Crippen LogP contribution in [0.3, 0.4) is 0 Å². The van der Waals surface area contributed by atoms with Crippen molar-refractivity contribution in [1.29, 1.82) is 0 Å². The largest absolute Gasteiger partial charge is 0.497 e. The minimum absolute atomic E-state index is 0.0564. The maximum absolute atomic E-state index is 11.5. The monoisotopic (exact) mass is 238 g/mol. The summed E-state index contributed by atoms with van der Waals surface area (Å²) in [6, 6.07) is 7.38. The number of methoxy groups -OCH3 is 1. The van der Waals surface area contributed by atoms with Crippen molar-refractivity contribution in [2.24, 2.45) is 5.90 Å². The van der Waals surface area contributed by atoms with Crippen molar-refractivity contribution >= 4 is 5.91 Å². The van der Waals surface area contributed by atoms with Crippen molar-refractivity contribution in [1.82, 2.24) is 5.32 Å². The van der Waals surface area contributed by atoms with Crippen molar-refractivity contribution < 1.29 is 14.4 Å². The van der Waals surface area contributed by atoms with Crippen LogP contribution in [-0.2, 0) is 16.1 Å². The lowest BCUT2D eigenvalue weighted by Gasteiger charge is -2.10. The van der Waals surface area contributed by atoms with Crippen LogP contribution in [0.5, 0.6) is 5.75 Å². The fraction of sp³-hybridized carbons (Fsp3) is 0.417. The first-order valence-corrected chi connectivity index (χ1v) is 5.41. The molecule has 1 rings (SSSR count). The Balaban J connectivity index is 2.39. The predicted molar refractivity (Wildman–Crippen MR) is 64.4 cm³/mol. The number of hydrogen-bond donors (Lipinski definition) is 2. The molecule has 0 aliphatic rings. The van der Waals surface area contributed by atoms with Gasteiger partial charge in [-0.1, -0.05) is 12.1 Å².